The Hall–Kier alpha value is -0.890. The van der Waals surface area contributed by atoms with Crippen molar-refractivity contribution in [3.63, 3.8) is 0 Å². The van der Waals surface area contributed by atoms with Crippen LogP contribution in [0.2, 0.25) is 5.02 Å². The van der Waals surface area contributed by atoms with Crippen LogP contribution in [0.1, 0.15) is 63.9 Å². The zero-order valence-corrected chi connectivity index (χ0v) is 13.0. The standard InChI is InChI=1S/C17H24ClFO/c1-2-3-4-5-6-7-8-9-15(20)12-14-10-11-17(19)16(18)13-14/h10-11,13H,2-9,12H2,1H3. The minimum Gasteiger partial charge on any atom is -0.299 e. The molecule has 0 spiro atoms. The zero-order valence-electron chi connectivity index (χ0n) is 12.3. The van der Waals surface area contributed by atoms with Crippen molar-refractivity contribution in [3.05, 3.63) is 34.6 Å². The summed E-state index contributed by atoms with van der Waals surface area (Å²) < 4.78 is 13.0. The van der Waals surface area contributed by atoms with Gasteiger partial charge >= 0.3 is 0 Å². The van der Waals surface area contributed by atoms with Crippen LogP contribution in [0.15, 0.2) is 18.2 Å². The largest absolute Gasteiger partial charge is 0.299 e. The Morgan fingerprint density at radius 3 is 2.40 bits per heavy atom. The summed E-state index contributed by atoms with van der Waals surface area (Å²) in [6, 6.07) is 4.49. The minimum absolute atomic E-state index is 0.0891. The lowest BCUT2D eigenvalue weighted by Crippen LogP contribution is -2.02. The Bertz CT molecular complexity index is 417. The number of rotatable bonds is 10. The van der Waals surface area contributed by atoms with Crippen molar-refractivity contribution in [1.82, 2.24) is 0 Å². The van der Waals surface area contributed by atoms with Crippen molar-refractivity contribution in [2.75, 3.05) is 0 Å². The van der Waals surface area contributed by atoms with E-state index in [-0.39, 0.29) is 10.8 Å². The van der Waals surface area contributed by atoms with E-state index in [9.17, 15) is 9.18 Å². The van der Waals surface area contributed by atoms with Gasteiger partial charge in [-0.15, -0.1) is 0 Å². The first-order valence-electron chi connectivity index (χ1n) is 7.59. The molecule has 20 heavy (non-hydrogen) atoms. The summed E-state index contributed by atoms with van der Waals surface area (Å²) in [6.45, 7) is 2.21. The lowest BCUT2D eigenvalue weighted by atomic mass is 10.0. The van der Waals surface area contributed by atoms with Gasteiger partial charge in [0.1, 0.15) is 11.6 Å². The van der Waals surface area contributed by atoms with Crippen LogP contribution in [0.25, 0.3) is 0 Å². The topological polar surface area (TPSA) is 17.1 Å². The predicted molar refractivity (Wildman–Crippen MR) is 82.7 cm³/mol. The number of benzene rings is 1. The quantitative estimate of drug-likeness (QED) is 0.504. The predicted octanol–water partition coefficient (Wildman–Crippen LogP) is 5.73. The van der Waals surface area contributed by atoms with Crippen molar-refractivity contribution in [1.29, 1.82) is 0 Å². The van der Waals surface area contributed by atoms with Gasteiger partial charge in [-0.05, 0) is 24.1 Å². The molecule has 1 rings (SSSR count). The summed E-state index contributed by atoms with van der Waals surface area (Å²) >= 11 is 5.70. The fourth-order valence-electron chi connectivity index (χ4n) is 2.24. The van der Waals surface area contributed by atoms with E-state index in [1.54, 1.807) is 12.1 Å². The highest BCUT2D eigenvalue weighted by Crippen LogP contribution is 2.17. The fraction of sp³-hybridized carbons (Fsp3) is 0.588. The third kappa shape index (κ3) is 7.04. The minimum atomic E-state index is -0.435. The molecule has 0 unspecified atom stereocenters. The van der Waals surface area contributed by atoms with Crippen LogP contribution in [-0.2, 0) is 11.2 Å². The molecule has 0 aliphatic carbocycles. The summed E-state index contributed by atoms with van der Waals surface area (Å²) in [5.41, 5.74) is 0.796. The average Bonchev–Trinajstić information content (AvgIpc) is 2.42. The molecule has 0 saturated heterocycles. The first kappa shape index (κ1) is 17.2. The van der Waals surface area contributed by atoms with Crippen LogP contribution in [-0.4, -0.2) is 5.78 Å². The second kappa shape index (κ2) is 9.93. The van der Waals surface area contributed by atoms with Gasteiger partial charge in [0, 0.05) is 12.8 Å². The van der Waals surface area contributed by atoms with Gasteiger partial charge in [-0.3, -0.25) is 4.79 Å². The van der Waals surface area contributed by atoms with E-state index in [0.717, 1.165) is 18.4 Å². The zero-order chi connectivity index (χ0) is 14.8. The van der Waals surface area contributed by atoms with Crippen LogP contribution >= 0.6 is 11.6 Å². The maximum absolute atomic E-state index is 13.0. The van der Waals surface area contributed by atoms with Gasteiger partial charge in [0.25, 0.3) is 0 Å². The van der Waals surface area contributed by atoms with Crippen LogP contribution in [0, 0.1) is 5.82 Å². The molecule has 0 atom stereocenters. The number of unbranched alkanes of at least 4 members (excludes halogenated alkanes) is 6. The molecule has 3 heteroatoms. The summed E-state index contributed by atoms with van der Waals surface area (Å²) in [5, 5.41) is 0.0891. The lowest BCUT2D eigenvalue weighted by Gasteiger charge is -2.03. The van der Waals surface area contributed by atoms with Crippen molar-refractivity contribution in [3.8, 4) is 0 Å². The maximum atomic E-state index is 13.0. The number of hydrogen-bond acceptors (Lipinski definition) is 1. The third-order valence-corrected chi connectivity index (χ3v) is 3.73. The molecule has 0 aliphatic heterocycles. The highest BCUT2D eigenvalue weighted by Gasteiger charge is 2.06. The van der Waals surface area contributed by atoms with Crippen LogP contribution in [0.3, 0.4) is 0 Å². The van der Waals surface area contributed by atoms with E-state index in [2.05, 4.69) is 6.92 Å². The molecule has 0 bridgehead atoms. The summed E-state index contributed by atoms with van der Waals surface area (Å²) in [6.07, 6.45) is 9.42. The summed E-state index contributed by atoms with van der Waals surface area (Å²) in [4.78, 5) is 11.8. The Morgan fingerprint density at radius 2 is 1.75 bits per heavy atom. The lowest BCUT2D eigenvalue weighted by molar-refractivity contribution is -0.118. The van der Waals surface area contributed by atoms with Gasteiger partial charge in [-0.25, -0.2) is 4.39 Å². The number of carbonyl (C=O) groups excluding carboxylic acids is 1. The fourth-order valence-corrected chi connectivity index (χ4v) is 2.45. The Balaban J connectivity index is 2.15. The summed E-state index contributed by atoms with van der Waals surface area (Å²) in [5.74, 6) is -0.226. The maximum Gasteiger partial charge on any atom is 0.141 e. The number of ketones is 1. The van der Waals surface area contributed by atoms with Crippen molar-refractivity contribution in [2.24, 2.45) is 0 Å². The van der Waals surface area contributed by atoms with Crippen LogP contribution in [0.5, 0.6) is 0 Å². The van der Waals surface area contributed by atoms with Gasteiger partial charge in [0.05, 0.1) is 5.02 Å². The molecule has 1 aromatic rings. The number of carbonyl (C=O) groups is 1. The van der Waals surface area contributed by atoms with Crippen LogP contribution in [0.4, 0.5) is 4.39 Å². The number of halogens is 2. The molecule has 0 N–H and O–H groups in total. The summed E-state index contributed by atoms with van der Waals surface area (Å²) in [7, 11) is 0. The molecular weight excluding hydrogens is 275 g/mol. The molecule has 0 amide bonds. The molecule has 0 aliphatic rings. The highest BCUT2D eigenvalue weighted by molar-refractivity contribution is 6.30. The Labute approximate surface area is 126 Å². The molecule has 0 radical (unpaired) electrons. The van der Waals surface area contributed by atoms with E-state index < -0.39 is 5.82 Å². The molecular formula is C17H24ClFO. The van der Waals surface area contributed by atoms with E-state index >= 15 is 0 Å². The monoisotopic (exact) mass is 298 g/mol. The average molecular weight is 299 g/mol. The van der Waals surface area contributed by atoms with Gasteiger partial charge < -0.3 is 0 Å². The van der Waals surface area contributed by atoms with Crippen LogP contribution < -0.4 is 0 Å². The third-order valence-electron chi connectivity index (χ3n) is 3.44. The van der Waals surface area contributed by atoms with E-state index in [1.165, 1.54) is 38.2 Å². The van der Waals surface area contributed by atoms with Gasteiger partial charge in [-0.1, -0.05) is 63.1 Å². The first-order valence-corrected chi connectivity index (χ1v) is 7.97. The SMILES string of the molecule is CCCCCCCCCC(=O)Cc1ccc(F)c(Cl)c1. The molecule has 0 saturated carbocycles. The normalized spacial score (nSPS) is 10.8. The molecule has 1 aromatic carbocycles. The second-order valence-corrected chi connectivity index (χ2v) is 5.74. The molecule has 112 valence electrons. The van der Waals surface area contributed by atoms with Crippen molar-refractivity contribution < 1.29 is 9.18 Å². The van der Waals surface area contributed by atoms with Gasteiger partial charge in [-0.2, -0.15) is 0 Å². The number of hydrogen-bond donors (Lipinski definition) is 0. The highest BCUT2D eigenvalue weighted by atomic mass is 35.5. The van der Waals surface area contributed by atoms with E-state index in [4.69, 9.17) is 11.6 Å². The molecule has 1 nitrogen and oxygen atoms in total. The van der Waals surface area contributed by atoms with E-state index in [1.807, 2.05) is 0 Å². The first-order chi connectivity index (χ1) is 9.63. The van der Waals surface area contributed by atoms with Crippen molar-refractivity contribution in [2.45, 2.75) is 64.7 Å². The van der Waals surface area contributed by atoms with Crippen molar-refractivity contribution >= 4 is 17.4 Å². The smallest absolute Gasteiger partial charge is 0.141 e. The Morgan fingerprint density at radius 1 is 1.10 bits per heavy atom. The Kier molecular flexibility index (Phi) is 8.52. The molecule has 0 aromatic heterocycles. The van der Waals surface area contributed by atoms with E-state index in [0.29, 0.717) is 12.8 Å². The van der Waals surface area contributed by atoms with Gasteiger partial charge in [0.15, 0.2) is 0 Å². The molecule has 0 fully saturated rings. The second-order valence-electron chi connectivity index (χ2n) is 5.34. The van der Waals surface area contributed by atoms with Gasteiger partial charge in [0.2, 0.25) is 0 Å². The molecule has 0 heterocycles. The number of Topliss-reactive ketones (excluding diaryl/α,β-unsaturated/α-hetero) is 1.